The fraction of sp³-hybridized carbons (Fsp3) is 0. The Bertz CT molecular complexity index is 529. The van der Waals surface area contributed by atoms with Crippen molar-refractivity contribution in [2.75, 3.05) is 5.43 Å². The summed E-state index contributed by atoms with van der Waals surface area (Å²) in [4.78, 5) is 4.07. The highest BCUT2D eigenvalue weighted by Crippen LogP contribution is 2.23. The molecule has 2 N–H and O–H groups in total. The van der Waals surface area contributed by atoms with Crippen LogP contribution in [0.4, 0.5) is 5.82 Å². The first-order chi connectivity index (χ1) is 8.25. The van der Waals surface area contributed by atoms with E-state index in [1.165, 1.54) is 0 Å². The summed E-state index contributed by atoms with van der Waals surface area (Å²) >= 11 is 3.24. The molecule has 0 bridgehead atoms. The van der Waals surface area contributed by atoms with Gasteiger partial charge in [0.25, 0.3) is 0 Å². The molecule has 0 atom stereocenters. The Kier molecular flexibility index (Phi) is 3.72. The number of hydrogen-bond acceptors (Lipinski definition) is 4. The monoisotopic (exact) mass is 291 g/mol. The van der Waals surface area contributed by atoms with Gasteiger partial charge in [0.2, 0.25) is 0 Å². The molecule has 1 aromatic heterocycles. The summed E-state index contributed by atoms with van der Waals surface area (Å²) in [5.74, 6) is 0.890. The minimum absolute atomic E-state index is 0.208. The molecule has 5 heteroatoms. The Morgan fingerprint density at radius 1 is 1.29 bits per heavy atom. The number of phenolic OH excluding ortho intramolecular Hbond substituents is 1. The van der Waals surface area contributed by atoms with Crippen LogP contribution in [0.2, 0.25) is 0 Å². The fourth-order valence-electron chi connectivity index (χ4n) is 1.21. The first kappa shape index (κ1) is 11.6. The van der Waals surface area contributed by atoms with Crippen LogP contribution in [0.25, 0.3) is 0 Å². The molecular weight excluding hydrogens is 282 g/mol. The van der Waals surface area contributed by atoms with Crippen molar-refractivity contribution < 1.29 is 5.11 Å². The van der Waals surface area contributed by atoms with Gasteiger partial charge >= 0.3 is 0 Å². The quantitative estimate of drug-likeness (QED) is 0.675. The molecule has 2 rings (SSSR count). The minimum atomic E-state index is 0.208. The lowest BCUT2D eigenvalue weighted by molar-refractivity contribution is 0.472. The van der Waals surface area contributed by atoms with Crippen molar-refractivity contribution >= 4 is 28.0 Å². The number of anilines is 1. The molecule has 0 radical (unpaired) electrons. The number of benzene rings is 1. The molecule has 1 heterocycles. The second kappa shape index (κ2) is 5.45. The van der Waals surface area contributed by atoms with Crippen molar-refractivity contribution in [2.24, 2.45) is 5.10 Å². The summed E-state index contributed by atoms with van der Waals surface area (Å²) in [6.07, 6.45) is 3.34. The molecule has 4 nitrogen and oxygen atoms in total. The SMILES string of the molecule is Oc1ccc(C=NNc2ccccn2)cc1Br. The van der Waals surface area contributed by atoms with Gasteiger partial charge < -0.3 is 5.11 Å². The molecule has 0 aliphatic rings. The Morgan fingerprint density at radius 3 is 2.88 bits per heavy atom. The summed E-state index contributed by atoms with van der Waals surface area (Å²) in [5.41, 5.74) is 3.68. The van der Waals surface area contributed by atoms with E-state index in [1.807, 2.05) is 18.2 Å². The number of halogens is 1. The highest BCUT2D eigenvalue weighted by molar-refractivity contribution is 9.10. The number of hydrogen-bond donors (Lipinski definition) is 2. The third-order valence-corrected chi connectivity index (χ3v) is 2.66. The predicted molar refractivity (Wildman–Crippen MR) is 71.3 cm³/mol. The van der Waals surface area contributed by atoms with Crippen LogP contribution in [0, 0.1) is 0 Å². The van der Waals surface area contributed by atoms with Crippen molar-refractivity contribution in [3.8, 4) is 5.75 Å². The van der Waals surface area contributed by atoms with Crippen molar-refractivity contribution in [3.63, 3.8) is 0 Å². The van der Waals surface area contributed by atoms with Gasteiger partial charge in [-0.05, 0) is 51.8 Å². The highest BCUT2D eigenvalue weighted by atomic mass is 79.9. The van der Waals surface area contributed by atoms with Gasteiger partial charge in [-0.2, -0.15) is 5.10 Å². The molecule has 0 unspecified atom stereocenters. The molecule has 0 saturated carbocycles. The molecule has 0 saturated heterocycles. The maximum absolute atomic E-state index is 9.33. The summed E-state index contributed by atoms with van der Waals surface area (Å²) in [6.45, 7) is 0. The molecule has 0 aliphatic heterocycles. The van der Waals surface area contributed by atoms with Crippen LogP contribution in [-0.4, -0.2) is 16.3 Å². The number of aromatic hydroxyl groups is 1. The largest absolute Gasteiger partial charge is 0.507 e. The summed E-state index contributed by atoms with van der Waals surface area (Å²) in [6, 6.07) is 10.7. The van der Waals surface area contributed by atoms with Crippen LogP contribution in [0.5, 0.6) is 5.75 Å². The van der Waals surface area contributed by atoms with Crippen LogP contribution in [-0.2, 0) is 0 Å². The zero-order chi connectivity index (χ0) is 12.1. The Balaban J connectivity index is 2.03. The Morgan fingerprint density at radius 2 is 2.18 bits per heavy atom. The maximum Gasteiger partial charge on any atom is 0.146 e. The first-order valence-corrected chi connectivity index (χ1v) is 5.73. The second-order valence-electron chi connectivity index (χ2n) is 3.30. The lowest BCUT2D eigenvalue weighted by atomic mass is 10.2. The number of hydrazone groups is 1. The van der Waals surface area contributed by atoms with E-state index >= 15 is 0 Å². The van der Waals surface area contributed by atoms with Crippen molar-refractivity contribution in [3.05, 3.63) is 52.6 Å². The maximum atomic E-state index is 9.33. The van der Waals surface area contributed by atoms with Gasteiger partial charge in [0.1, 0.15) is 11.6 Å². The summed E-state index contributed by atoms with van der Waals surface area (Å²) in [7, 11) is 0. The molecule has 1 aromatic carbocycles. The van der Waals surface area contributed by atoms with Crippen LogP contribution in [0.1, 0.15) is 5.56 Å². The third-order valence-electron chi connectivity index (χ3n) is 2.03. The minimum Gasteiger partial charge on any atom is -0.507 e. The summed E-state index contributed by atoms with van der Waals surface area (Å²) < 4.78 is 0.638. The number of pyridine rings is 1. The fourth-order valence-corrected chi connectivity index (χ4v) is 1.60. The zero-order valence-electron chi connectivity index (χ0n) is 8.84. The molecule has 17 heavy (non-hydrogen) atoms. The average molecular weight is 292 g/mol. The Labute approximate surface area is 107 Å². The number of nitrogens with zero attached hydrogens (tertiary/aromatic N) is 2. The third kappa shape index (κ3) is 3.29. The standard InChI is InChI=1S/C12H10BrN3O/c13-10-7-9(4-5-11(10)17)8-15-16-12-3-1-2-6-14-12/h1-8,17H,(H,14,16). The topological polar surface area (TPSA) is 57.5 Å². The van der Waals surface area contributed by atoms with Crippen LogP contribution in [0.15, 0.2) is 52.2 Å². The number of aromatic nitrogens is 1. The van der Waals surface area contributed by atoms with E-state index in [1.54, 1.807) is 30.6 Å². The van der Waals surface area contributed by atoms with Crippen molar-refractivity contribution in [2.45, 2.75) is 0 Å². The zero-order valence-corrected chi connectivity index (χ0v) is 10.4. The number of rotatable bonds is 3. The van der Waals surface area contributed by atoms with Gasteiger partial charge in [0, 0.05) is 6.20 Å². The van der Waals surface area contributed by atoms with E-state index in [-0.39, 0.29) is 5.75 Å². The van der Waals surface area contributed by atoms with E-state index in [0.29, 0.717) is 10.3 Å². The molecular formula is C12H10BrN3O. The lowest BCUT2D eigenvalue weighted by Crippen LogP contribution is -1.92. The van der Waals surface area contributed by atoms with E-state index in [2.05, 4.69) is 31.4 Å². The van der Waals surface area contributed by atoms with E-state index < -0.39 is 0 Å². The number of nitrogens with one attached hydrogen (secondary N) is 1. The molecule has 0 spiro atoms. The van der Waals surface area contributed by atoms with Gasteiger partial charge in [-0.25, -0.2) is 4.98 Å². The van der Waals surface area contributed by atoms with Gasteiger partial charge in [0.15, 0.2) is 0 Å². The summed E-state index contributed by atoms with van der Waals surface area (Å²) in [5, 5.41) is 13.4. The van der Waals surface area contributed by atoms with Crippen LogP contribution in [0.3, 0.4) is 0 Å². The molecule has 86 valence electrons. The molecule has 2 aromatic rings. The van der Waals surface area contributed by atoms with Gasteiger partial charge in [-0.1, -0.05) is 6.07 Å². The molecule has 0 fully saturated rings. The molecule has 0 amide bonds. The second-order valence-corrected chi connectivity index (χ2v) is 4.15. The normalized spacial score (nSPS) is 10.6. The predicted octanol–water partition coefficient (Wildman–Crippen LogP) is 3.00. The average Bonchev–Trinajstić information content (AvgIpc) is 2.35. The highest BCUT2D eigenvalue weighted by Gasteiger charge is 1.97. The van der Waals surface area contributed by atoms with Gasteiger partial charge in [0.05, 0.1) is 10.7 Å². The van der Waals surface area contributed by atoms with E-state index in [9.17, 15) is 5.11 Å². The first-order valence-electron chi connectivity index (χ1n) is 4.94. The van der Waals surface area contributed by atoms with Crippen molar-refractivity contribution in [1.82, 2.24) is 4.98 Å². The lowest BCUT2D eigenvalue weighted by Gasteiger charge is -1.99. The van der Waals surface area contributed by atoms with Crippen LogP contribution < -0.4 is 5.43 Å². The smallest absolute Gasteiger partial charge is 0.146 e. The van der Waals surface area contributed by atoms with Gasteiger partial charge in [-0.3, -0.25) is 5.43 Å². The van der Waals surface area contributed by atoms with Gasteiger partial charge in [-0.15, -0.1) is 0 Å². The number of phenols is 1. The molecule has 0 aliphatic carbocycles. The van der Waals surface area contributed by atoms with Crippen LogP contribution >= 0.6 is 15.9 Å². The van der Waals surface area contributed by atoms with E-state index in [0.717, 1.165) is 5.56 Å². The van der Waals surface area contributed by atoms with Crippen molar-refractivity contribution in [1.29, 1.82) is 0 Å². The Hall–Kier alpha value is -1.88. The van der Waals surface area contributed by atoms with E-state index in [4.69, 9.17) is 0 Å².